The van der Waals surface area contributed by atoms with E-state index in [2.05, 4.69) is 10.2 Å². The van der Waals surface area contributed by atoms with Crippen LogP contribution >= 0.6 is 0 Å². The first-order valence-corrected chi connectivity index (χ1v) is 8.63. The van der Waals surface area contributed by atoms with Crippen LogP contribution in [-0.4, -0.2) is 57.1 Å². The number of ether oxygens (including phenoxy) is 3. The molecule has 0 bridgehead atoms. The molecule has 1 heterocycles. The van der Waals surface area contributed by atoms with Gasteiger partial charge in [-0.15, -0.1) is 0 Å². The summed E-state index contributed by atoms with van der Waals surface area (Å²) < 4.78 is 16.4. The number of methoxy groups -OCH3 is 1. The predicted octanol–water partition coefficient (Wildman–Crippen LogP) is 3.13. The van der Waals surface area contributed by atoms with Gasteiger partial charge in [-0.25, -0.2) is 4.79 Å². The number of nitrogens with zero attached hydrogens (tertiary/aromatic N) is 1. The number of carbonyl (C=O) groups is 1. The molecule has 1 saturated heterocycles. The first kappa shape index (κ1) is 18.5. The lowest BCUT2D eigenvalue weighted by Gasteiger charge is -2.23. The second-order valence-electron chi connectivity index (χ2n) is 5.96. The highest BCUT2D eigenvalue weighted by Crippen LogP contribution is 2.24. The zero-order valence-electron chi connectivity index (χ0n) is 14.6. The monoisotopic (exact) mass is 336 g/mol. The Labute approximate surface area is 144 Å². The summed E-state index contributed by atoms with van der Waals surface area (Å²) in [4.78, 5) is 14.5. The summed E-state index contributed by atoms with van der Waals surface area (Å²) in [7, 11) is 1.62. The molecule has 24 heavy (non-hydrogen) atoms. The van der Waals surface area contributed by atoms with E-state index in [1.54, 1.807) is 13.2 Å². The molecule has 0 spiro atoms. The summed E-state index contributed by atoms with van der Waals surface area (Å²) in [5.74, 6) is 0.652. The molecular weight excluding hydrogens is 308 g/mol. The molecule has 1 amide bonds. The Morgan fingerprint density at radius 3 is 2.75 bits per heavy atom. The quantitative estimate of drug-likeness (QED) is 0.751. The fourth-order valence-electron chi connectivity index (χ4n) is 2.76. The van der Waals surface area contributed by atoms with E-state index in [9.17, 15) is 4.79 Å². The number of amides is 1. The summed E-state index contributed by atoms with van der Waals surface area (Å²) in [6.45, 7) is 5.85. The van der Waals surface area contributed by atoms with Gasteiger partial charge in [-0.05, 0) is 44.5 Å². The summed E-state index contributed by atoms with van der Waals surface area (Å²) >= 11 is 0. The van der Waals surface area contributed by atoms with Crippen molar-refractivity contribution in [3.8, 4) is 5.75 Å². The van der Waals surface area contributed by atoms with Crippen LogP contribution in [0, 0.1) is 0 Å². The van der Waals surface area contributed by atoms with Gasteiger partial charge in [0.05, 0.1) is 18.9 Å². The van der Waals surface area contributed by atoms with E-state index >= 15 is 0 Å². The van der Waals surface area contributed by atoms with Gasteiger partial charge in [-0.2, -0.15) is 0 Å². The molecule has 0 saturated carbocycles. The Bertz CT molecular complexity index is 504. The minimum atomic E-state index is -0.483. The molecular formula is C18H28N2O4. The second kappa shape index (κ2) is 10.2. The number of carbonyl (C=O) groups excluding carboxylic acids is 1. The smallest absolute Gasteiger partial charge is 0.412 e. The number of para-hydroxylation sites is 2. The zero-order chi connectivity index (χ0) is 17.2. The molecule has 1 atom stereocenters. The minimum Gasteiger partial charge on any atom is -0.491 e. The Morgan fingerprint density at radius 1 is 1.29 bits per heavy atom. The summed E-state index contributed by atoms with van der Waals surface area (Å²) in [5.41, 5.74) is 0.619. The number of rotatable bonds is 9. The Balaban J connectivity index is 1.90. The van der Waals surface area contributed by atoms with Crippen molar-refractivity contribution in [2.45, 2.75) is 32.3 Å². The van der Waals surface area contributed by atoms with Crippen LogP contribution in [0.1, 0.15) is 26.2 Å². The van der Waals surface area contributed by atoms with Crippen LogP contribution in [-0.2, 0) is 9.47 Å². The van der Waals surface area contributed by atoms with Crippen molar-refractivity contribution in [3.05, 3.63) is 24.3 Å². The van der Waals surface area contributed by atoms with Gasteiger partial charge in [-0.3, -0.25) is 10.2 Å². The molecule has 1 fully saturated rings. The molecule has 1 N–H and O–H groups in total. The van der Waals surface area contributed by atoms with E-state index in [1.165, 1.54) is 12.8 Å². The van der Waals surface area contributed by atoms with Gasteiger partial charge in [0.1, 0.15) is 11.9 Å². The number of hydrogen-bond donors (Lipinski definition) is 1. The molecule has 0 aliphatic carbocycles. The summed E-state index contributed by atoms with van der Waals surface area (Å²) in [5, 5.41) is 2.77. The van der Waals surface area contributed by atoms with Crippen LogP contribution in [0.2, 0.25) is 0 Å². The average molecular weight is 336 g/mol. The molecule has 6 heteroatoms. The molecule has 1 unspecified atom stereocenters. The van der Waals surface area contributed by atoms with Crippen LogP contribution in [0.3, 0.4) is 0 Å². The van der Waals surface area contributed by atoms with Crippen LogP contribution < -0.4 is 10.1 Å². The van der Waals surface area contributed by atoms with Crippen LogP contribution in [0.15, 0.2) is 24.3 Å². The maximum absolute atomic E-state index is 12.2. The molecule has 0 radical (unpaired) electrons. The predicted molar refractivity (Wildman–Crippen MR) is 93.7 cm³/mol. The summed E-state index contributed by atoms with van der Waals surface area (Å²) in [6, 6.07) is 7.37. The largest absolute Gasteiger partial charge is 0.491 e. The van der Waals surface area contributed by atoms with Crippen molar-refractivity contribution in [1.29, 1.82) is 0 Å². The number of benzene rings is 1. The van der Waals surface area contributed by atoms with Crippen molar-refractivity contribution >= 4 is 11.8 Å². The molecule has 134 valence electrons. The highest BCUT2D eigenvalue weighted by molar-refractivity contribution is 5.86. The first-order valence-electron chi connectivity index (χ1n) is 8.63. The third kappa shape index (κ3) is 6.02. The standard InChI is InChI=1S/C18H28N2O4/c1-3-12-23-17-9-5-4-8-16(17)19-18(21)24-15(14-22-2)13-20-10-6-7-11-20/h4-5,8-9,15H,3,6-7,10-14H2,1-2H3,(H,19,21). The van der Waals surface area contributed by atoms with Gasteiger partial charge in [0, 0.05) is 13.7 Å². The first-order chi connectivity index (χ1) is 11.7. The van der Waals surface area contributed by atoms with Crippen LogP contribution in [0.25, 0.3) is 0 Å². The minimum absolute atomic E-state index is 0.281. The van der Waals surface area contributed by atoms with E-state index in [4.69, 9.17) is 14.2 Å². The van der Waals surface area contributed by atoms with Crippen molar-refractivity contribution in [2.75, 3.05) is 45.3 Å². The number of hydrogen-bond acceptors (Lipinski definition) is 5. The van der Waals surface area contributed by atoms with Crippen molar-refractivity contribution in [2.24, 2.45) is 0 Å². The fraction of sp³-hybridized carbons (Fsp3) is 0.611. The summed E-state index contributed by atoms with van der Waals surface area (Å²) in [6.07, 6.45) is 2.55. The van der Waals surface area contributed by atoms with Crippen molar-refractivity contribution in [3.63, 3.8) is 0 Å². The number of nitrogens with one attached hydrogen (secondary N) is 1. The number of anilines is 1. The molecule has 1 aliphatic heterocycles. The number of likely N-dealkylation sites (tertiary alicyclic amines) is 1. The lowest BCUT2D eigenvalue weighted by molar-refractivity contribution is 0.0285. The van der Waals surface area contributed by atoms with Crippen LogP contribution in [0.5, 0.6) is 5.75 Å². The van der Waals surface area contributed by atoms with Crippen LogP contribution in [0.4, 0.5) is 10.5 Å². The van der Waals surface area contributed by atoms with Gasteiger partial charge in [0.2, 0.25) is 0 Å². The van der Waals surface area contributed by atoms with Crippen molar-refractivity contribution in [1.82, 2.24) is 4.90 Å². The molecule has 2 rings (SSSR count). The highest BCUT2D eigenvalue weighted by atomic mass is 16.6. The topological polar surface area (TPSA) is 60.0 Å². The average Bonchev–Trinajstić information content (AvgIpc) is 3.07. The molecule has 0 aromatic heterocycles. The normalized spacial score (nSPS) is 15.9. The second-order valence-corrected chi connectivity index (χ2v) is 5.96. The van der Waals surface area contributed by atoms with Crippen molar-refractivity contribution < 1.29 is 19.0 Å². The fourth-order valence-corrected chi connectivity index (χ4v) is 2.76. The highest BCUT2D eigenvalue weighted by Gasteiger charge is 2.21. The van der Waals surface area contributed by atoms with E-state index in [1.807, 2.05) is 25.1 Å². The molecule has 6 nitrogen and oxygen atoms in total. The lowest BCUT2D eigenvalue weighted by Crippen LogP contribution is -2.37. The van der Waals surface area contributed by atoms with Gasteiger partial charge >= 0.3 is 6.09 Å². The van der Waals surface area contributed by atoms with E-state index < -0.39 is 6.09 Å². The SMILES string of the molecule is CCCOc1ccccc1NC(=O)OC(COC)CN1CCCC1. The maximum atomic E-state index is 12.2. The Morgan fingerprint density at radius 2 is 2.04 bits per heavy atom. The molecule has 1 aromatic carbocycles. The Hall–Kier alpha value is -1.79. The van der Waals surface area contributed by atoms with Gasteiger partial charge in [-0.1, -0.05) is 19.1 Å². The molecule has 1 aliphatic rings. The maximum Gasteiger partial charge on any atom is 0.412 e. The third-order valence-electron chi connectivity index (χ3n) is 3.87. The third-order valence-corrected chi connectivity index (χ3v) is 3.87. The van der Waals surface area contributed by atoms with Gasteiger partial charge in [0.15, 0.2) is 0 Å². The van der Waals surface area contributed by atoms with E-state index in [-0.39, 0.29) is 6.10 Å². The lowest BCUT2D eigenvalue weighted by atomic mass is 10.3. The van der Waals surface area contributed by atoms with E-state index in [0.29, 0.717) is 31.2 Å². The van der Waals surface area contributed by atoms with Gasteiger partial charge in [0.25, 0.3) is 0 Å². The zero-order valence-corrected chi connectivity index (χ0v) is 14.6. The molecule has 1 aromatic rings. The van der Waals surface area contributed by atoms with E-state index in [0.717, 1.165) is 19.5 Å². The Kier molecular flexibility index (Phi) is 7.85. The van der Waals surface area contributed by atoms with Gasteiger partial charge < -0.3 is 14.2 Å².